The van der Waals surface area contributed by atoms with Gasteiger partial charge in [-0.25, -0.2) is 31.1 Å². The number of para-hydroxylation sites is 2. The number of anilines is 3. The third kappa shape index (κ3) is 4.11. The van der Waals surface area contributed by atoms with Crippen LogP contribution in [-0.4, -0.2) is 64.1 Å². The van der Waals surface area contributed by atoms with Gasteiger partial charge in [0.25, 0.3) is 10.0 Å². The summed E-state index contributed by atoms with van der Waals surface area (Å²) in [5.74, 6) is 0.592. The number of sulfonamides is 2. The van der Waals surface area contributed by atoms with E-state index in [1.165, 1.54) is 32.9 Å². The van der Waals surface area contributed by atoms with E-state index in [4.69, 9.17) is 9.72 Å². The van der Waals surface area contributed by atoms with Crippen LogP contribution in [0.4, 0.5) is 17.3 Å². The van der Waals surface area contributed by atoms with E-state index in [1.54, 1.807) is 41.3 Å². The minimum atomic E-state index is -3.93. The lowest BCUT2D eigenvalue weighted by Crippen LogP contribution is -2.40. The molecule has 0 spiro atoms. The zero-order chi connectivity index (χ0) is 25.6. The molecule has 2 aliphatic rings. The fourth-order valence-electron chi connectivity index (χ4n) is 4.44. The van der Waals surface area contributed by atoms with Crippen LogP contribution in [-0.2, 0) is 24.8 Å². The molecule has 0 unspecified atom stereocenters. The van der Waals surface area contributed by atoms with E-state index in [0.717, 1.165) is 0 Å². The minimum Gasteiger partial charge on any atom is -0.379 e. The highest BCUT2D eigenvalue weighted by Crippen LogP contribution is 2.41. The summed E-state index contributed by atoms with van der Waals surface area (Å²) in [6, 6.07) is 21.8. The first-order valence-corrected chi connectivity index (χ1v) is 14.5. The van der Waals surface area contributed by atoms with Crippen molar-refractivity contribution in [2.75, 3.05) is 42.2 Å². The van der Waals surface area contributed by atoms with Gasteiger partial charge in [0.1, 0.15) is 6.67 Å². The lowest BCUT2D eigenvalue weighted by molar-refractivity contribution is 0.0730. The van der Waals surface area contributed by atoms with Gasteiger partial charge in [-0.1, -0.05) is 30.3 Å². The predicted octanol–water partition coefficient (Wildman–Crippen LogP) is 2.96. The molecule has 6 rings (SSSR count). The molecule has 2 aliphatic heterocycles. The maximum absolute atomic E-state index is 13.6. The quantitative estimate of drug-likeness (QED) is 0.382. The lowest BCUT2D eigenvalue weighted by Gasteiger charge is -2.26. The normalized spacial score (nSPS) is 16.8. The summed E-state index contributed by atoms with van der Waals surface area (Å²) in [4.78, 5) is 11.4. The van der Waals surface area contributed by atoms with Crippen LogP contribution in [0.25, 0.3) is 11.0 Å². The van der Waals surface area contributed by atoms with E-state index in [-0.39, 0.29) is 22.3 Å². The summed E-state index contributed by atoms with van der Waals surface area (Å²) in [5.41, 5.74) is 1.79. The van der Waals surface area contributed by atoms with Crippen molar-refractivity contribution < 1.29 is 21.6 Å². The van der Waals surface area contributed by atoms with Crippen molar-refractivity contribution >= 4 is 48.4 Å². The Balaban J connectivity index is 1.41. The van der Waals surface area contributed by atoms with Crippen LogP contribution in [0.2, 0.25) is 0 Å². The summed E-state index contributed by atoms with van der Waals surface area (Å²) in [6.07, 6.45) is 0. The Labute approximate surface area is 214 Å². The second kappa shape index (κ2) is 9.06. The molecule has 37 heavy (non-hydrogen) atoms. The Kier molecular flexibility index (Phi) is 5.83. The Morgan fingerprint density at radius 3 is 1.86 bits per heavy atom. The van der Waals surface area contributed by atoms with Crippen LogP contribution in [0.5, 0.6) is 0 Å². The maximum atomic E-state index is 13.6. The van der Waals surface area contributed by atoms with Crippen LogP contribution in [0.3, 0.4) is 0 Å². The molecule has 0 radical (unpaired) electrons. The van der Waals surface area contributed by atoms with Crippen LogP contribution in [0.15, 0.2) is 88.7 Å². The zero-order valence-electron chi connectivity index (χ0n) is 19.6. The molecule has 190 valence electrons. The average molecular weight is 538 g/mol. The highest BCUT2D eigenvalue weighted by atomic mass is 32.2. The molecule has 0 N–H and O–H groups in total. The molecule has 0 aliphatic carbocycles. The fraction of sp³-hybridized carbons (Fsp3) is 0.200. The van der Waals surface area contributed by atoms with Gasteiger partial charge >= 0.3 is 0 Å². The van der Waals surface area contributed by atoms with Gasteiger partial charge in [0.05, 0.1) is 34.0 Å². The third-order valence-corrected chi connectivity index (χ3v) is 10.0. The number of hydrogen-bond acceptors (Lipinski definition) is 8. The van der Waals surface area contributed by atoms with Crippen molar-refractivity contribution in [2.24, 2.45) is 0 Å². The summed E-state index contributed by atoms with van der Waals surface area (Å²) < 4.78 is 61.2. The van der Waals surface area contributed by atoms with Crippen molar-refractivity contribution in [1.82, 2.24) is 14.3 Å². The van der Waals surface area contributed by atoms with E-state index in [9.17, 15) is 16.8 Å². The number of benzene rings is 3. The lowest BCUT2D eigenvalue weighted by atomic mass is 10.3. The number of rotatable bonds is 5. The molecule has 1 fully saturated rings. The van der Waals surface area contributed by atoms with Gasteiger partial charge in [0.2, 0.25) is 10.0 Å². The maximum Gasteiger partial charge on any atom is 0.267 e. The molecule has 0 amide bonds. The van der Waals surface area contributed by atoms with Crippen molar-refractivity contribution in [2.45, 2.75) is 9.79 Å². The second-order valence-electron chi connectivity index (χ2n) is 8.61. The summed E-state index contributed by atoms with van der Waals surface area (Å²) in [5, 5.41) is 0. The molecule has 0 atom stereocenters. The number of morpholine rings is 1. The number of ether oxygens (including phenoxy) is 1. The highest BCUT2D eigenvalue weighted by molar-refractivity contribution is 7.92. The van der Waals surface area contributed by atoms with Crippen molar-refractivity contribution in [3.8, 4) is 0 Å². The molecular weight excluding hydrogens is 514 g/mol. The number of hydrogen-bond donors (Lipinski definition) is 0. The van der Waals surface area contributed by atoms with E-state index in [0.29, 0.717) is 48.8 Å². The number of nitrogens with zero attached hydrogens (tertiary/aromatic N) is 5. The molecule has 3 aromatic carbocycles. The Morgan fingerprint density at radius 1 is 0.649 bits per heavy atom. The standard InChI is InChI=1S/C25H23N5O5S2/c31-36(32,28-14-16-35-17-15-28)21-12-10-19(11-13-21)29-18-30(37(33,34)20-6-2-1-3-7-20)25-24(29)26-22-8-4-5-9-23(22)27-25/h1-13H,14-18H2. The molecule has 0 saturated carbocycles. The molecule has 12 heteroatoms. The Hall–Kier alpha value is -3.58. The number of aromatic nitrogens is 2. The summed E-state index contributed by atoms with van der Waals surface area (Å²) in [6.45, 7) is 1.27. The number of fused-ring (bicyclic) bond motifs is 2. The van der Waals surface area contributed by atoms with Crippen LogP contribution >= 0.6 is 0 Å². The van der Waals surface area contributed by atoms with E-state index >= 15 is 0 Å². The second-order valence-corrected chi connectivity index (χ2v) is 12.4. The van der Waals surface area contributed by atoms with Crippen molar-refractivity contribution in [3.05, 3.63) is 78.9 Å². The van der Waals surface area contributed by atoms with Gasteiger partial charge in [-0.15, -0.1) is 0 Å². The summed E-state index contributed by atoms with van der Waals surface area (Å²) in [7, 11) is -7.59. The smallest absolute Gasteiger partial charge is 0.267 e. The molecular formula is C25H23N5O5S2. The van der Waals surface area contributed by atoms with Crippen molar-refractivity contribution in [3.63, 3.8) is 0 Å². The predicted molar refractivity (Wildman–Crippen MR) is 139 cm³/mol. The van der Waals surface area contributed by atoms with Gasteiger partial charge in [-0.2, -0.15) is 4.31 Å². The highest BCUT2D eigenvalue weighted by Gasteiger charge is 2.39. The molecule has 0 bridgehead atoms. The largest absolute Gasteiger partial charge is 0.379 e. The van der Waals surface area contributed by atoms with E-state index in [1.807, 2.05) is 18.2 Å². The van der Waals surface area contributed by atoms with Crippen LogP contribution in [0, 0.1) is 0 Å². The first-order chi connectivity index (χ1) is 17.9. The minimum absolute atomic E-state index is 0.0571. The average Bonchev–Trinajstić information content (AvgIpc) is 3.32. The monoisotopic (exact) mass is 537 g/mol. The van der Waals surface area contributed by atoms with Gasteiger partial charge in [0.15, 0.2) is 11.6 Å². The molecule has 10 nitrogen and oxygen atoms in total. The Morgan fingerprint density at radius 2 is 1.22 bits per heavy atom. The first kappa shape index (κ1) is 23.8. The van der Waals surface area contributed by atoms with E-state index < -0.39 is 20.0 Å². The first-order valence-electron chi connectivity index (χ1n) is 11.7. The van der Waals surface area contributed by atoms with Crippen LogP contribution < -0.4 is 9.21 Å². The molecule has 1 saturated heterocycles. The van der Waals surface area contributed by atoms with Crippen LogP contribution in [0.1, 0.15) is 0 Å². The van der Waals surface area contributed by atoms with Gasteiger partial charge in [0, 0.05) is 18.8 Å². The molecule has 1 aromatic heterocycles. The van der Waals surface area contributed by atoms with E-state index in [2.05, 4.69) is 4.98 Å². The summed E-state index contributed by atoms with van der Waals surface area (Å²) >= 11 is 0. The topological polar surface area (TPSA) is 113 Å². The fourth-order valence-corrected chi connectivity index (χ4v) is 7.22. The third-order valence-electron chi connectivity index (χ3n) is 6.38. The van der Waals surface area contributed by atoms with Crippen molar-refractivity contribution in [1.29, 1.82) is 0 Å². The Bertz CT molecular complexity index is 1670. The molecule has 3 heterocycles. The SMILES string of the molecule is O=S(=O)(c1ccc(N2CN(S(=O)(=O)c3ccccc3)c3nc4ccccc4nc32)cc1)N1CCOCC1. The van der Waals surface area contributed by atoms with Gasteiger partial charge < -0.3 is 9.64 Å². The van der Waals surface area contributed by atoms with Gasteiger partial charge in [-0.05, 0) is 48.5 Å². The zero-order valence-corrected chi connectivity index (χ0v) is 21.3. The molecule has 4 aromatic rings. The van der Waals surface area contributed by atoms with Gasteiger partial charge in [-0.3, -0.25) is 0 Å².